The lowest BCUT2D eigenvalue weighted by atomic mass is 9.73. The van der Waals surface area contributed by atoms with Crippen molar-refractivity contribution in [2.24, 2.45) is 0 Å². The maximum Gasteiger partial charge on any atom is 0.407 e. The van der Waals surface area contributed by atoms with Gasteiger partial charge < -0.3 is 19.8 Å². The average Bonchev–Trinajstić information content (AvgIpc) is 2.47. The van der Waals surface area contributed by atoms with Crippen molar-refractivity contribution in [3.05, 3.63) is 29.8 Å². The highest BCUT2D eigenvalue weighted by Gasteiger charge is 2.37. The van der Waals surface area contributed by atoms with Gasteiger partial charge in [0.1, 0.15) is 5.75 Å². The maximum atomic E-state index is 10.9. The molecular formula is C14H19NO4. The fourth-order valence-electron chi connectivity index (χ4n) is 2.62. The van der Waals surface area contributed by atoms with E-state index in [1.807, 2.05) is 24.3 Å². The van der Waals surface area contributed by atoms with Crippen LogP contribution in [-0.4, -0.2) is 48.0 Å². The Balaban J connectivity index is 2.22. The predicted octanol–water partition coefficient (Wildman–Crippen LogP) is 1.70. The van der Waals surface area contributed by atoms with E-state index < -0.39 is 6.09 Å². The van der Waals surface area contributed by atoms with Gasteiger partial charge in [0.25, 0.3) is 0 Å². The van der Waals surface area contributed by atoms with Crippen LogP contribution in [0.5, 0.6) is 5.75 Å². The SMILES string of the molecule is COc1cccc(C2(CO)CCN(C(=O)O)CC2)c1. The first-order valence-corrected chi connectivity index (χ1v) is 6.34. The van der Waals surface area contributed by atoms with Crippen LogP contribution in [0.4, 0.5) is 4.79 Å². The summed E-state index contributed by atoms with van der Waals surface area (Å²) < 4.78 is 5.21. The molecule has 1 aromatic rings. The van der Waals surface area contributed by atoms with E-state index in [9.17, 15) is 9.90 Å². The maximum absolute atomic E-state index is 10.9. The van der Waals surface area contributed by atoms with Crippen molar-refractivity contribution in [1.29, 1.82) is 0 Å². The third kappa shape index (κ3) is 2.66. The summed E-state index contributed by atoms with van der Waals surface area (Å²) in [7, 11) is 1.61. The van der Waals surface area contributed by atoms with Crippen LogP contribution >= 0.6 is 0 Å². The molecule has 19 heavy (non-hydrogen) atoms. The van der Waals surface area contributed by atoms with Gasteiger partial charge in [-0.15, -0.1) is 0 Å². The van der Waals surface area contributed by atoms with Gasteiger partial charge >= 0.3 is 6.09 Å². The highest BCUT2D eigenvalue weighted by molar-refractivity contribution is 5.65. The molecule has 0 atom stereocenters. The van der Waals surface area contributed by atoms with E-state index in [-0.39, 0.29) is 12.0 Å². The van der Waals surface area contributed by atoms with Gasteiger partial charge in [0, 0.05) is 18.5 Å². The number of ether oxygens (including phenoxy) is 1. The van der Waals surface area contributed by atoms with E-state index in [2.05, 4.69) is 0 Å². The van der Waals surface area contributed by atoms with E-state index in [0.29, 0.717) is 25.9 Å². The fraction of sp³-hybridized carbons (Fsp3) is 0.500. The molecule has 0 aromatic heterocycles. The monoisotopic (exact) mass is 265 g/mol. The second-order valence-corrected chi connectivity index (χ2v) is 4.94. The lowest BCUT2D eigenvalue weighted by Crippen LogP contribution is -2.46. The number of piperidine rings is 1. The molecule has 1 heterocycles. The molecule has 0 bridgehead atoms. The van der Waals surface area contributed by atoms with E-state index >= 15 is 0 Å². The zero-order valence-electron chi connectivity index (χ0n) is 11.0. The second-order valence-electron chi connectivity index (χ2n) is 4.94. The fourth-order valence-corrected chi connectivity index (χ4v) is 2.62. The number of aliphatic hydroxyl groups is 1. The van der Waals surface area contributed by atoms with E-state index in [0.717, 1.165) is 11.3 Å². The molecule has 1 amide bonds. The number of nitrogens with zero attached hydrogens (tertiary/aromatic N) is 1. The van der Waals surface area contributed by atoms with E-state index in [1.165, 1.54) is 4.90 Å². The highest BCUT2D eigenvalue weighted by Crippen LogP contribution is 2.36. The van der Waals surface area contributed by atoms with Crippen molar-refractivity contribution < 1.29 is 19.7 Å². The largest absolute Gasteiger partial charge is 0.497 e. The molecule has 1 fully saturated rings. The summed E-state index contributed by atoms with van der Waals surface area (Å²) in [5, 5.41) is 18.8. The van der Waals surface area contributed by atoms with Gasteiger partial charge in [-0.2, -0.15) is 0 Å². The Bertz CT molecular complexity index is 453. The van der Waals surface area contributed by atoms with Crippen molar-refractivity contribution in [3.8, 4) is 5.75 Å². The molecule has 2 rings (SSSR count). The van der Waals surface area contributed by atoms with E-state index in [1.54, 1.807) is 7.11 Å². The van der Waals surface area contributed by atoms with Gasteiger partial charge in [0.2, 0.25) is 0 Å². The Hall–Kier alpha value is -1.75. The van der Waals surface area contributed by atoms with E-state index in [4.69, 9.17) is 9.84 Å². The Morgan fingerprint density at radius 1 is 1.42 bits per heavy atom. The summed E-state index contributed by atoms with van der Waals surface area (Å²) in [6.45, 7) is 0.924. The zero-order chi connectivity index (χ0) is 13.9. The topological polar surface area (TPSA) is 70.0 Å². The van der Waals surface area contributed by atoms with Crippen LogP contribution in [0.25, 0.3) is 0 Å². The lowest BCUT2D eigenvalue weighted by molar-refractivity contribution is 0.0893. The first kappa shape index (κ1) is 13.7. The smallest absolute Gasteiger partial charge is 0.407 e. The minimum atomic E-state index is -0.891. The molecule has 0 unspecified atom stereocenters. The first-order chi connectivity index (χ1) is 9.11. The zero-order valence-corrected chi connectivity index (χ0v) is 11.0. The molecule has 1 aromatic carbocycles. The van der Waals surface area contributed by atoms with Gasteiger partial charge in [-0.1, -0.05) is 12.1 Å². The molecule has 1 aliphatic rings. The number of amides is 1. The minimum absolute atomic E-state index is 0.0215. The Morgan fingerprint density at radius 3 is 2.63 bits per heavy atom. The summed E-state index contributed by atoms with van der Waals surface area (Å²) in [6, 6.07) is 7.65. The lowest BCUT2D eigenvalue weighted by Gasteiger charge is -2.40. The Morgan fingerprint density at radius 2 is 2.11 bits per heavy atom. The number of hydrogen-bond acceptors (Lipinski definition) is 3. The van der Waals surface area contributed by atoms with Crippen molar-refractivity contribution >= 4 is 6.09 Å². The summed E-state index contributed by atoms with van der Waals surface area (Å²) >= 11 is 0. The molecule has 0 spiro atoms. The summed E-state index contributed by atoms with van der Waals surface area (Å²) in [5.41, 5.74) is 0.653. The van der Waals surface area contributed by atoms with Crippen LogP contribution in [0.15, 0.2) is 24.3 Å². The summed E-state index contributed by atoms with van der Waals surface area (Å²) in [4.78, 5) is 12.3. The molecule has 104 valence electrons. The number of methoxy groups -OCH3 is 1. The number of likely N-dealkylation sites (tertiary alicyclic amines) is 1. The molecule has 1 saturated heterocycles. The molecule has 5 nitrogen and oxygen atoms in total. The van der Waals surface area contributed by atoms with Crippen molar-refractivity contribution in [3.63, 3.8) is 0 Å². The van der Waals surface area contributed by atoms with Crippen LogP contribution in [0.3, 0.4) is 0 Å². The van der Waals surface area contributed by atoms with Crippen LogP contribution in [0.2, 0.25) is 0 Å². The standard InChI is InChI=1S/C14H19NO4/c1-19-12-4-2-3-11(9-12)14(10-16)5-7-15(8-6-14)13(17)18/h2-4,9,16H,5-8,10H2,1H3,(H,17,18). The van der Waals surface area contributed by atoms with Crippen LogP contribution < -0.4 is 4.74 Å². The summed E-state index contributed by atoms with van der Waals surface area (Å²) in [6.07, 6.45) is 0.364. The van der Waals surface area contributed by atoms with Crippen LogP contribution in [0, 0.1) is 0 Å². The Labute approximate surface area is 112 Å². The van der Waals surface area contributed by atoms with Crippen molar-refractivity contribution in [2.75, 3.05) is 26.8 Å². The van der Waals surface area contributed by atoms with Crippen molar-refractivity contribution in [1.82, 2.24) is 4.90 Å². The van der Waals surface area contributed by atoms with Gasteiger partial charge in [-0.25, -0.2) is 4.79 Å². The number of hydrogen-bond donors (Lipinski definition) is 2. The first-order valence-electron chi connectivity index (χ1n) is 6.34. The minimum Gasteiger partial charge on any atom is -0.497 e. The molecule has 5 heteroatoms. The van der Waals surface area contributed by atoms with Crippen molar-refractivity contribution in [2.45, 2.75) is 18.3 Å². The highest BCUT2D eigenvalue weighted by atomic mass is 16.5. The number of benzene rings is 1. The van der Waals surface area contributed by atoms with Crippen LogP contribution in [0.1, 0.15) is 18.4 Å². The number of rotatable bonds is 3. The third-order valence-corrected chi connectivity index (χ3v) is 3.98. The quantitative estimate of drug-likeness (QED) is 0.872. The Kier molecular flexibility index (Phi) is 3.95. The number of aliphatic hydroxyl groups excluding tert-OH is 1. The predicted molar refractivity (Wildman–Crippen MR) is 70.6 cm³/mol. The third-order valence-electron chi connectivity index (χ3n) is 3.98. The van der Waals surface area contributed by atoms with Gasteiger partial charge in [0.15, 0.2) is 0 Å². The second kappa shape index (κ2) is 5.48. The molecule has 0 saturated carbocycles. The molecule has 1 aliphatic heterocycles. The van der Waals surface area contributed by atoms with Gasteiger partial charge in [0.05, 0.1) is 13.7 Å². The van der Waals surface area contributed by atoms with Gasteiger partial charge in [-0.3, -0.25) is 0 Å². The molecule has 0 aliphatic carbocycles. The molecule has 0 radical (unpaired) electrons. The number of carbonyl (C=O) groups is 1. The summed E-state index contributed by atoms with van der Waals surface area (Å²) in [5.74, 6) is 0.756. The normalized spacial score (nSPS) is 18.1. The molecular weight excluding hydrogens is 246 g/mol. The van der Waals surface area contributed by atoms with Crippen LogP contribution in [-0.2, 0) is 5.41 Å². The van der Waals surface area contributed by atoms with Gasteiger partial charge in [-0.05, 0) is 30.5 Å². The number of carboxylic acid groups (broad SMARTS) is 1. The molecule has 2 N–H and O–H groups in total. The average molecular weight is 265 g/mol.